The molecule has 0 unspecified atom stereocenters. The summed E-state index contributed by atoms with van der Waals surface area (Å²) >= 11 is 0. The first-order valence-corrected chi connectivity index (χ1v) is 17.2. The molecule has 0 spiro atoms. The summed E-state index contributed by atoms with van der Waals surface area (Å²) in [5.41, 5.74) is 3.14. The number of hydrogen-bond acceptors (Lipinski definition) is 2. The summed E-state index contributed by atoms with van der Waals surface area (Å²) in [5.74, 6) is 0. The fraction of sp³-hybridized carbons (Fsp3) is 0.793. The van der Waals surface area contributed by atoms with Crippen LogP contribution >= 0.6 is 15.2 Å². The van der Waals surface area contributed by atoms with Crippen LogP contribution in [0.1, 0.15) is 106 Å². The first-order chi connectivity index (χ1) is 15.1. The number of aliphatic hydroxyl groups is 2. The molecule has 2 nitrogen and oxygen atoms in total. The van der Waals surface area contributed by atoms with Gasteiger partial charge in [0.1, 0.15) is 0 Å². The third-order valence-corrected chi connectivity index (χ3v) is 21.5. The SMILES string of the molecule is CCC[PH]1(Cc2ccccc2CP2C(C)(C)CC(O)CC2(C)C)C(C)(C)CC(O)CC1(C)C. The van der Waals surface area contributed by atoms with Crippen LogP contribution in [0.4, 0.5) is 0 Å². The van der Waals surface area contributed by atoms with Gasteiger partial charge in [0.15, 0.2) is 0 Å². The first kappa shape index (κ1) is 27.6. The van der Waals surface area contributed by atoms with Gasteiger partial charge in [-0.15, -0.1) is 0 Å². The molecule has 2 saturated heterocycles. The van der Waals surface area contributed by atoms with Crippen molar-refractivity contribution in [2.45, 2.75) is 140 Å². The summed E-state index contributed by atoms with van der Waals surface area (Å²) in [6, 6.07) is 9.31. The molecule has 3 rings (SSSR count). The van der Waals surface area contributed by atoms with E-state index >= 15 is 0 Å². The molecule has 0 amide bonds. The van der Waals surface area contributed by atoms with E-state index in [1.54, 1.807) is 11.1 Å². The van der Waals surface area contributed by atoms with E-state index in [4.69, 9.17) is 0 Å². The minimum absolute atomic E-state index is 0.165. The third-order valence-electron chi connectivity index (χ3n) is 9.63. The zero-order valence-corrected chi connectivity index (χ0v) is 24.9. The van der Waals surface area contributed by atoms with Gasteiger partial charge in [0, 0.05) is 0 Å². The molecule has 0 aromatic heterocycles. The predicted molar refractivity (Wildman–Crippen MR) is 151 cm³/mol. The van der Waals surface area contributed by atoms with E-state index in [1.807, 2.05) is 0 Å². The van der Waals surface area contributed by atoms with Crippen LogP contribution in [0.5, 0.6) is 0 Å². The fourth-order valence-electron chi connectivity index (χ4n) is 8.30. The van der Waals surface area contributed by atoms with Gasteiger partial charge in [0.25, 0.3) is 0 Å². The predicted octanol–water partition coefficient (Wildman–Crippen LogP) is 7.75. The molecule has 0 aliphatic carbocycles. The molecule has 2 aliphatic rings. The molecule has 1 aromatic carbocycles. The average Bonchev–Trinajstić information content (AvgIpc) is 2.62. The van der Waals surface area contributed by atoms with Gasteiger partial charge < -0.3 is 0 Å². The number of rotatable bonds is 6. The van der Waals surface area contributed by atoms with Crippen molar-refractivity contribution in [1.29, 1.82) is 0 Å². The molecule has 2 heterocycles. The first-order valence-electron chi connectivity index (χ1n) is 13.3. The summed E-state index contributed by atoms with van der Waals surface area (Å²) in [6.07, 6.45) is 8.40. The van der Waals surface area contributed by atoms with E-state index in [1.165, 1.54) is 18.7 Å². The van der Waals surface area contributed by atoms with E-state index in [-0.39, 0.29) is 40.8 Å². The second-order valence-electron chi connectivity index (χ2n) is 13.9. The van der Waals surface area contributed by atoms with Crippen molar-refractivity contribution in [3.8, 4) is 0 Å². The Hall–Kier alpha value is -0.0000000000000000416. The average molecular weight is 495 g/mol. The van der Waals surface area contributed by atoms with Crippen LogP contribution in [-0.2, 0) is 12.3 Å². The van der Waals surface area contributed by atoms with Crippen LogP contribution in [0.25, 0.3) is 0 Å². The molecule has 190 valence electrons. The Kier molecular flexibility index (Phi) is 7.91. The topological polar surface area (TPSA) is 40.5 Å². The molecule has 0 atom stereocenters. The molecule has 2 aliphatic heterocycles. The van der Waals surface area contributed by atoms with Crippen molar-refractivity contribution in [2.75, 3.05) is 6.16 Å². The summed E-state index contributed by atoms with van der Waals surface area (Å²) in [4.78, 5) is 0. The van der Waals surface area contributed by atoms with Gasteiger partial charge in [-0.25, -0.2) is 0 Å². The maximum absolute atomic E-state index is 10.8. The van der Waals surface area contributed by atoms with E-state index < -0.39 is 7.26 Å². The Morgan fingerprint density at radius 2 is 1.24 bits per heavy atom. The Balaban J connectivity index is 2.02. The van der Waals surface area contributed by atoms with Gasteiger partial charge in [0.05, 0.1) is 0 Å². The van der Waals surface area contributed by atoms with Crippen molar-refractivity contribution in [3.63, 3.8) is 0 Å². The quantitative estimate of drug-likeness (QED) is 0.397. The van der Waals surface area contributed by atoms with Crippen molar-refractivity contribution in [2.24, 2.45) is 0 Å². The van der Waals surface area contributed by atoms with E-state index in [2.05, 4.69) is 86.6 Å². The maximum atomic E-state index is 10.8. The zero-order valence-electron chi connectivity index (χ0n) is 23.0. The molecule has 0 saturated carbocycles. The summed E-state index contributed by atoms with van der Waals surface area (Å²) in [7, 11) is -2.06. The monoisotopic (exact) mass is 494 g/mol. The Labute approximate surface area is 206 Å². The van der Waals surface area contributed by atoms with E-state index in [0.717, 1.165) is 31.8 Å². The molecule has 2 N–H and O–H groups in total. The normalized spacial score (nSPS) is 32.8. The molecular formula is C29H52O2P2. The van der Waals surface area contributed by atoms with Crippen molar-refractivity contribution < 1.29 is 10.2 Å². The third kappa shape index (κ3) is 5.26. The van der Waals surface area contributed by atoms with Gasteiger partial charge in [-0.1, -0.05) is 0 Å². The number of hydrogen-bond donors (Lipinski definition) is 2. The summed E-state index contributed by atoms with van der Waals surface area (Å²) in [5, 5.41) is 22.1. The van der Waals surface area contributed by atoms with Crippen LogP contribution in [0.15, 0.2) is 24.3 Å². The van der Waals surface area contributed by atoms with Crippen LogP contribution < -0.4 is 0 Å². The summed E-state index contributed by atoms with van der Waals surface area (Å²) < 4.78 is 0. The fourth-order valence-corrected chi connectivity index (χ4v) is 19.7. The van der Waals surface area contributed by atoms with E-state index in [9.17, 15) is 10.2 Å². The van der Waals surface area contributed by atoms with Crippen molar-refractivity contribution in [1.82, 2.24) is 0 Å². The van der Waals surface area contributed by atoms with Gasteiger partial charge >= 0.3 is 207 Å². The van der Waals surface area contributed by atoms with Gasteiger partial charge in [-0.2, -0.15) is 0 Å². The second-order valence-corrected chi connectivity index (χ2v) is 23.2. The number of aliphatic hydroxyl groups excluding tert-OH is 2. The summed E-state index contributed by atoms with van der Waals surface area (Å²) in [6.45, 7) is 21.8. The Morgan fingerprint density at radius 1 is 0.788 bits per heavy atom. The van der Waals surface area contributed by atoms with Crippen LogP contribution in [0.3, 0.4) is 0 Å². The van der Waals surface area contributed by atoms with Crippen LogP contribution in [0.2, 0.25) is 0 Å². The molecule has 0 bridgehead atoms. The molecule has 0 radical (unpaired) electrons. The van der Waals surface area contributed by atoms with Gasteiger partial charge in [-0.3, -0.25) is 0 Å². The second kappa shape index (κ2) is 9.47. The minimum atomic E-state index is -1.79. The molecule has 2 fully saturated rings. The van der Waals surface area contributed by atoms with Gasteiger partial charge in [-0.05, 0) is 0 Å². The standard InChI is InChI=1S/C29H52O2P2/c1-10-15-33(28(6,7)18-25(31)19-29(33,8)9)21-23-14-12-11-13-22(23)20-32-26(2,3)16-24(30)17-27(32,4)5/h11-14,24-25,30-31,33H,10,15-21H2,1-9H3. The van der Waals surface area contributed by atoms with Crippen molar-refractivity contribution in [3.05, 3.63) is 35.4 Å². The van der Waals surface area contributed by atoms with Gasteiger partial charge in [0.2, 0.25) is 0 Å². The van der Waals surface area contributed by atoms with Crippen LogP contribution in [-0.4, -0.2) is 49.2 Å². The molecule has 33 heavy (non-hydrogen) atoms. The Morgan fingerprint density at radius 3 is 1.73 bits per heavy atom. The van der Waals surface area contributed by atoms with Crippen LogP contribution in [0, 0.1) is 0 Å². The number of benzene rings is 1. The zero-order chi connectivity index (χ0) is 24.9. The van der Waals surface area contributed by atoms with E-state index in [0.29, 0.717) is 0 Å². The molecule has 4 heteroatoms. The molecule has 1 aromatic rings. The van der Waals surface area contributed by atoms with Crippen molar-refractivity contribution >= 4 is 15.2 Å². The molecular weight excluding hydrogens is 442 g/mol. The Bertz CT molecular complexity index is 791.